The summed E-state index contributed by atoms with van der Waals surface area (Å²) >= 11 is 1.87. The molecule has 0 saturated heterocycles. The first-order valence-electron chi connectivity index (χ1n) is 21.0. The van der Waals surface area contributed by atoms with Gasteiger partial charge in [-0.25, -0.2) is 0 Å². The van der Waals surface area contributed by atoms with Crippen LogP contribution < -0.4 is 4.90 Å². The molecule has 1 aliphatic rings. The van der Waals surface area contributed by atoms with Crippen molar-refractivity contribution in [2.24, 2.45) is 0 Å². The van der Waals surface area contributed by atoms with E-state index in [2.05, 4.69) is 241 Å². The van der Waals surface area contributed by atoms with Gasteiger partial charge in [-0.1, -0.05) is 182 Å². The Morgan fingerprint density at radius 3 is 1.70 bits per heavy atom. The number of thiophene rings is 1. The minimum absolute atomic E-state index is 0.513. The van der Waals surface area contributed by atoms with Gasteiger partial charge in [-0.15, -0.1) is 11.3 Å². The average Bonchev–Trinajstić information content (AvgIpc) is 3.86. The molecular formula is C59H39NS. The highest BCUT2D eigenvalue weighted by molar-refractivity contribution is 7.25. The third kappa shape index (κ3) is 5.68. The Morgan fingerprint density at radius 2 is 0.902 bits per heavy atom. The number of benzene rings is 10. The zero-order valence-electron chi connectivity index (χ0n) is 33.4. The van der Waals surface area contributed by atoms with E-state index in [1.54, 1.807) is 0 Å². The summed E-state index contributed by atoms with van der Waals surface area (Å²) in [6.45, 7) is 0. The molecule has 1 aliphatic carbocycles. The van der Waals surface area contributed by atoms with Crippen LogP contribution in [0.25, 0.3) is 64.3 Å². The molecule has 0 atom stereocenters. The standard InChI is InChI=1S/C59H39NS/c1-3-20-45(21-4-1)59(46-22-5-2-6-23-46)54-29-11-9-26-51(54)52-35-34-49(39-55(52)59)60(47-24-13-18-42(37-47)43-33-32-40-16-7-8-17-41(40)36-43)48-25-14-19-44(38-48)50-28-15-31-57-58(50)53-27-10-12-30-56(53)61-57/h1-39H. The van der Waals surface area contributed by atoms with Gasteiger partial charge in [-0.2, -0.15) is 0 Å². The van der Waals surface area contributed by atoms with E-state index >= 15 is 0 Å². The highest BCUT2D eigenvalue weighted by Crippen LogP contribution is 2.57. The topological polar surface area (TPSA) is 3.24 Å². The van der Waals surface area contributed by atoms with Gasteiger partial charge in [0.1, 0.15) is 0 Å². The molecule has 10 aromatic carbocycles. The molecule has 0 bridgehead atoms. The Labute approximate surface area is 360 Å². The lowest BCUT2D eigenvalue weighted by Crippen LogP contribution is -2.28. The maximum Gasteiger partial charge on any atom is 0.0714 e. The fourth-order valence-electron chi connectivity index (χ4n) is 10.0. The quantitative estimate of drug-likeness (QED) is 0.155. The van der Waals surface area contributed by atoms with Gasteiger partial charge in [0.15, 0.2) is 0 Å². The first-order valence-corrected chi connectivity index (χ1v) is 21.8. The molecule has 0 amide bonds. The first kappa shape index (κ1) is 35.4. The van der Waals surface area contributed by atoms with Crippen LogP contribution in [0.2, 0.25) is 0 Å². The Morgan fingerprint density at radius 1 is 0.328 bits per heavy atom. The molecule has 12 rings (SSSR count). The van der Waals surface area contributed by atoms with Crippen LogP contribution in [0.15, 0.2) is 237 Å². The predicted molar refractivity (Wildman–Crippen MR) is 260 cm³/mol. The van der Waals surface area contributed by atoms with Crippen molar-refractivity contribution in [3.8, 4) is 33.4 Å². The Balaban J connectivity index is 1.10. The number of fused-ring (bicyclic) bond motifs is 7. The van der Waals surface area contributed by atoms with Crippen molar-refractivity contribution < 1.29 is 0 Å². The summed E-state index contributed by atoms with van der Waals surface area (Å²) in [5, 5.41) is 5.10. The highest BCUT2D eigenvalue weighted by atomic mass is 32.1. The number of nitrogens with zero attached hydrogens (tertiary/aromatic N) is 1. The normalized spacial score (nSPS) is 12.7. The summed E-state index contributed by atoms with van der Waals surface area (Å²) in [6.07, 6.45) is 0. The maximum absolute atomic E-state index is 2.47. The Bertz CT molecular complexity index is 3400. The average molecular weight is 794 g/mol. The number of hydrogen-bond acceptors (Lipinski definition) is 2. The maximum atomic E-state index is 2.47. The summed E-state index contributed by atoms with van der Waals surface area (Å²) in [7, 11) is 0. The molecular weight excluding hydrogens is 755 g/mol. The second-order valence-corrected chi connectivity index (χ2v) is 17.1. The number of rotatable bonds is 7. The largest absolute Gasteiger partial charge is 0.310 e. The lowest BCUT2D eigenvalue weighted by Gasteiger charge is -2.35. The number of hydrogen-bond donors (Lipinski definition) is 0. The van der Waals surface area contributed by atoms with Gasteiger partial charge < -0.3 is 4.90 Å². The Hall–Kier alpha value is -7.52. The summed E-state index contributed by atoms with van der Waals surface area (Å²) in [4.78, 5) is 2.46. The zero-order chi connectivity index (χ0) is 40.3. The summed E-state index contributed by atoms with van der Waals surface area (Å²) in [5.41, 5.74) is 15.3. The van der Waals surface area contributed by atoms with E-state index in [-0.39, 0.29) is 0 Å². The van der Waals surface area contributed by atoms with E-state index in [1.165, 1.54) is 86.6 Å². The van der Waals surface area contributed by atoms with E-state index in [0.29, 0.717) is 0 Å². The van der Waals surface area contributed by atoms with Crippen LogP contribution in [0.1, 0.15) is 22.3 Å². The molecule has 1 heterocycles. The molecule has 0 saturated carbocycles. The third-order valence-electron chi connectivity index (χ3n) is 12.7. The second kappa shape index (κ2) is 14.3. The molecule has 0 unspecified atom stereocenters. The fraction of sp³-hybridized carbons (Fsp3) is 0.0169. The van der Waals surface area contributed by atoms with E-state index in [1.807, 2.05) is 11.3 Å². The summed E-state index contributed by atoms with van der Waals surface area (Å²) < 4.78 is 2.62. The summed E-state index contributed by atoms with van der Waals surface area (Å²) in [5.74, 6) is 0. The van der Waals surface area contributed by atoms with Gasteiger partial charge in [0.25, 0.3) is 0 Å². The monoisotopic (exact) mass is 793 g/mol. The van der Waals surface area contributed by atoms with Crippen LogP contribution in [-0.4, -0.2) is 0 Å². The molecule has 286 valence electrons. The van der Waals surface area contributed by atoms with Crippen molar-refractivity contribution in [2.75, 3.05) is 4.90 Å². The molecule has 0 aliphatic heterocycles. The smallest absolute Gasteiger partial charge is 0.0714 e. The van der Waals surface area contributed by atoms with Gasteiger partial charge in [0, 0.05) is 37.2 Å². The van der Waals surface area contributed by atoms with Crippen molar-refractivity contribution in [1.82, 2.24) is 0 Å². The van der Waals surface area contributed by atoms with Crippen LogP contribution in [0.5, 0.6) is 0 Å². The van der Waals surface area contributed by atoms with Crippen molar-refractivity contribution in [2.45, 2.75) is 5.41 Å². The van der Waals surface area contributed by atoms with Crippen molar-refractivity contribution in [3.63, 3.8) is 0 Å². The lowest BCUT2D eigenvalue weighted by atomic mass is 9.67. The SMILES string of the molecule is c1ccc(C2(c3ccccc3)c3ccccc3-c3ccc(N(c4cccc(-c5ccc6ccccc6c5)c4)c4cccc(-c5cccc6sc7ccccc7c56)c4)cc32)cc1. The van der Waals surface area contributed by atoms with Crippen LogP contribution in [0.3, 0.4) is 0 Å². The molecule has 0 N–H and O–H groups in total. The molecule has 1 aromatic heterocycles. The Kier molecular flexibility index (Phi) is 8.33. The van der Waals surface area contributed by atoms with Crippen LogP contribution in [0.4, 0.5) is 17.1 Å². The van der Waals surface area contributed by atoms with Crippen LogP contribution in [0, 0.1) is 0 Å². The summed E-state index contributed by atoms with van der Waals surface area (Å²) in [6, 6.07) is 87.4. The van der Waals surface area contributed by atoms with Gasteiger partial charge >= 0.3 is 0 Å². The minimum Gasteiger partial charge on any atom is -0.310 e. The molecule has 2 heteroatoms. The molecule has 0 fully saturated rings. The van der Waals surface area contributed by atoms with Gasteiger partial charge in [0.05, 0.1) is 5.41 Å². The van der Waals surface area contributed by atoms with Crippen molar-refractivity contribution in [1.29, 1.82) is 0 Å². The van der Waals surface area contributed by atoms with Crippen molar-refractivity contribution in [3.05, 3.63) is 259 Å². The van der Waals surface area contributed by atoms with Crippen LogP contribution in [-0.2, 0) is 5.41 Å². The molecule has 61 heavy (non-hydrogen) atoms. The minimum atomic E-state index is -0.513. The van der Waals surface area contributed by atoms with Gasteiger partial charge in [-0.05, 0) is 121 Å². The molecule has 0 radical (unpaired) electrons. The predicted octanol–water partition coefficient (Wildman–Crippen LogP) is 16.4. The van der Waals surface area contributed by atoms with E-state index in [9.17, 15) is 0 Å². The molecule has 11 aromatic rings. The second-order valence-electron chi connectivity index (χ2n) is 16.0. The van der Waals surface area contributed by atoms with Gasteiger partial charge in [-0.3, -0.25) is 0 Å². The zero-order valence-corrected chi connectivity index (χ0v) is 34.2. The highest BCUT2D eigenvalue weighted by Gasteiger charge is 2.46. The van der Waals surface area contributed by atoms with Crippen molar-refractivity contribution >= 4 is 59.3 Å². The van der Waals surface area contributed by atoms with Crippen LogP contribution >= 0.6 is 11.3 Å². The third-order valence-corrected chi connectivity index (χ3v) is 13.8. The number of anilines is 3. The van der Waals surface area contributed by atoms with E-state index < -0.39 is 5.41 Å². The van der Waals surface area contributed by atoms with Gasteiger partial charge in [0.2, 0.25) is 0 Å². The van der Waals surface area contributed by atoms with E-state index in [0.717, 1.165) is 17.1 Å². The molecule has 1 nitrogen and oxygen atoms in total. The molecule has 0 spiro atoms. The fourth-order valence-corrected chi connectivity index (χ4v) is 11.2. The van der Waals surface area contributed by atoms with E-state index in [4.69, 9.17) is 0 Å². The first-order chi connectivity index (χ1) is 30.2. The lowest BCUT2D eigenvalue weighted by molar-refractivity contribution is 0.768.